The molecule has 0 amide bonds. The Hall–Kier alpha value is -2.33. The molecule has 23 heavy (non-hydrogen) atoms. The summed E-state index contributed by atoms with van der Waals surface area (Å²) in [6.45, 7) is 0. The van der Waals surface area contributed by atoms with E-state index in [1.165, 1.54) is 0 Å². The summed E-state index contributed by atoms with van der Waals surface area (Å²) < 4.78 is 0. The van der Waals surface area contributed by atoms with E-state index in [0.717, 1.165) is 11.1 Å². The largest absolute Gasteiger partial charge is 0.508 e. The SMILES string of the molecule is O=C(CCc1ccc(O)cc1)C[C@@H](O)CCc1ccc(O)cc1. The normalized spacial score (nSPS) is 12.0. The van der Waals surface area contributed by atoms with Gasteiger partial charge < -0.3 is 15.3 Å². The minimum Gasteiger partial charge on any atom is -0.508 e. The van der Waals surface area contributed by atoms with Crippen LogP contribution in [0.15, 0.2) is 48.5 Å². The number of Topliss-reactive ketones (excluding diaryl/α,β-unsaturated/α-hetero) is 1. The van der Waals surface area contributed by atoms with E-state index < -0.39 is 6.10 Å². The van der Waals surface area contributed by atoms with Crippen molar-refractivity contribution in [3.8, 4) is 11.5 Å². The van der Waals surface area contributed by atoms with Gasteiger partial charge in [0.25, 0.3) is 0 Å². The fourth-order valence-corrected chi connectivity index (χ4v) is 2.41. The van der Waals surface area contributed by atoms with Gasteiger partial charge in [0.05, 0.1) is 6.10 Å². The lowest BCUT2D eigenvalue weighted by atomic mass is 10.00. The minimum absolute atomic E-state index is 0.0382. The number of rotatable bonds is 8. The zero-order valence-corrected chi connectivity index (χ0v) is 13.0. The molecule has 0 saturated carbocycles. The van der Waals surface area contributed by atoms with Crippen molar-refractivity contribution < 1.29 is 20.1 Å². The van der Waals surface area contributed by atoms with Crippen molar-refractivity contribution in [2.24, 2.45) is 0 Å². The minimum atomic E-state index is -0.642. The number of aromatic hydroxyl groups is 2. The second-order valence-corrected chi connectivity index (χ2v) is 5.77. The highest BCUT2D eigenvalue weighted by Gasteiger charge is 2.11. The molecule has 0 heterocycles. The summed E-state index contributed by atoms with van der Waals surface area (Å²) in [5.74, 6) is 0.472. The number of carbonyl (C=O) groups excluding carboxylic acids is 1. The van der Waals surface area contributed by atoms with Crippen molar-refractivity contribution in [3.05, 3.63) is 59.7 Å². The van der Waals surface area contributed by atoms with Crippen molar-refractivity contribution in [3.63, 3.8) is 0 Å². The first-order valence-electron chi connectivity index (χ1n) is 7.78. The highest BCUT2D eigenvalue weighted by atomic mass is 16.3. The summed E-state index contributed by atoms with van der Waals surface area (Å²) in [7, 11) is 0. The van der Waals surface area contributed by atoms with Crippen LogP contribution in [0.3, 0.4) is 0 Å². The number of ketones is 1. The highest BCUT2D eigenvalue weighted by Crippen LogP contribution is 2.14. The van der Waals surface area contributed by atoms with E-state index in [0.29, 0.717) is 25.7 Å². The molecular formula is C19H22O4. The van der Waals surface area contributed by atoms with E-state index in [4.69, 9.17) is 0 Å². The molecule has 0 aliphatic carbocycles. The van der Waals surface area contributed by atoms with Crippen LogP contribution >= 0.6 is 0 Å². The van der Waals surface area contributed by atoms with Gasteiger partial charge >= 0.3 is 0 Å². The standard InChI is InChI=1S/C19H22O4/c20-16-7-1-14(2-8-16)5-11-18(22)13-19(23)12-6-15-3-9-17(21)10-4-15/h1-4,7-10,18,20-22H,5-6,11-13H2/t18-/m0/s1. The summed E-state index contributed by atoms with van der Waals surface area (Å²) in [6, 6.07) is 13.7. The first-order chi connectivity index (χ1) is 11.0. The third-order valence-electron chi connectivity index (χ3n) is 3.79. The third-order valence-corrected chi connectivity index (χ3v) is 3.79. The summed E-state index contributed by atoms with van der Waals surface area (Å²) in [4.78, 5) is 11.9. The lowest BCUT2D eigenvalue weighted by Gasteiger charge is -2.10. The van der Waals surface area contributed by atoms with Crippen LogP contribution in [0.2, 0.25) is 0 Å². The Bertz CT molecular complexity index is 617. The lowest BCUT2D eigenvalue weighted by molar-refractivity contribution is -0.120. The molecule has 3 N–H and O–H groups in total. The maximum Gasteiger partial charge on any atom is 0.135 e. The average Bonchev–Trinajstić information content (AvgIpc) is 2.54. The van der Waals surface area contributed by atoms with Crippen LogP contribution in [0, 0.1) is 0 Å². The molecule has 0 bridgehead atoms. The first-order valence-corrected chi connectivity index (χ1v) is 7.78. The van der Waals surface area contributed by atoms with Gasteiger partial charge in [-0.15, -0.1) is 0 Å². The van der Waals surface area contributed by atoms with Gasteiger partial charge in [0, 0.05) is 12.8 Å². The predicted octanol–water partition coefficient (Wildman–Crippen LogP) is 2.98. The average molecular weight is 314 g/mol. The van der Waals surface area contributed by atoms with Gasteiger partial charge in [-0.3, -0.25) is 4.79 Å². The zero-order valence-electron chi connectivity index (χ0n) is 13.0. The fourth-order valence-electron chi connectivity index (χ4n) is 2.41. The molecule has 122 valence electrons. The topological polar surface area (TPSA) is 77.8 Å². The number of hydrogen-bond donors (Lipinski definition) is 3. The number of phenols is 2. The van der Waals surface area contributed by atoms with Crippen LogP contribution in [0.4, 0.5) is 0 Å². The van der Waals surface area contributed by atoms with Gasteiger partial charge in [0.1, 0.15) is 17.3 Å². The number of phenolic OH excluding ortho intramolecular Hbond substituents is 2. The van der Waals surface area contributed by atoms with Crippen molar-refractivity contribution in [1.29, 1.82) is 0 Å². The molecule has 0 aliphatic rings. The number of benzene rings is 2. The molecule has 4 heteroatoms. The summed E-state index contributed by atoms with van der Waals surface area (Å²) >= 11 is 0. The van der Waals surface area contributed by atoms with E-state index in [1.54, 1.807) is 36.4 Å². The molecule has 0 radical (unpaired) electrons. The number of aliphatic hydroxyl groups excluding tert-OH is 1. The summed E-state index contributed by atoms with van der Waals surface area (Å²) in [6.07, 6.45) is 1.72. The number of aliphatic hydroxyl groups is 1. The molecular weight excluding hydrogens is 292 g/mol. The quantitative estimate of drug-likeness (QED) is 0.700. The van der Waals surface area contributed by atoms with Crippen molar-refractivity contribution >= 4 is 5.78 Å². The van der Waals surface area contributed by atoms with Crippen LogP contribution in [-0.2, 0) is 17.6 Å². The van der Waals surface area contributed by atoms with Crippen LogP contribution in [-0.4, -0.2) is 27.2 Å². The van der Waals surface area contributed by atoms with Gasteiger partial charge in [-0.1, -0.05) is 24.3 Å². The molecule has 0 spiro atoms. The Balaban J connectivity index is 1.69. The Kier molecular flexibility index (Phi) is 6.18. The van der Waals surface area contributed by atoms with Crippen LogP contribution in [0.25, 0.3) is 0 Å². The second-order valence-electron chi connectivity index (χ2n) is 5.77. The van der Waals surface area contributed by atoms with Crippen LogP contribution in [0.1, 0.15) is 30.4 Å². The second kappa shape index (κ2) is 8.34. The van der Waals surface area contributed by atoms with E-state index in [2.05, 4.69) is 0 Å². The van der Waals surface area contributed by atoms with Crippen LogP contribution in [0.5, 0.6) is 11.5 Å². The Labute approximate surface area is 136 Å². The number of aryl methyl sites for hydroxylation is 2. The predicted molar refractivity (Wildman–Crippen MR) is 88.5 cm³/mol. The summed E-state index contributed by atoms with van der Waals surface area (Å²) in [5.41, 5.74) is 2.02. The molecule has 1 atom stereocenters. The summed E-state index contributed by atoms with van der Waals surface area (Å²) in [5, 5.41) is 28.4. The van der Waals surface area contributed by atoms with E-state index in [1.807, 2.05) is 12.1 Å². The Morgan fingerprint density at radius 3 is 1.83 bits per heavy atom. The molecule has 2 aromatic carbocycles. The molecule has 0 aromatic heterocycles. The Morgan fingerprint density at radius 1 is 0.826 bits per heavy atom. The maximum atomic E-state index is 11.9. The molecule has 0 fully saturated rings. The van der Waals surface area contributed by atoms with Gasteiger partial charge in [0.2, 0.25) is 0 Å². The maximum absolute atomic E-state index is 11.9. The molecule has 2 aromatic rings. The van der Waals surface area contributed by atoms with Crippen molar-refractivity contribution in [2.75, 3.05) is 0 Å². The number of carbonyl (C=O) groups is 1. The van der Waals surface area contributed by atoms with E-state index >= 15 is 0 Å². The van der Waals surface area contributed by atoms with Gasteiger partial charge in [-0.25, -0.2) is 0 Å². The van der Waals surface area contributed by atoms with Gasteiger partial charge in [0.15, 0.2) is 0 Å². The van der Waals surface area contributed by atoms with Gasteiger partial charge in [-0.2, -0.15) is 0 Å². The Morgan fingerprint density at radius 2 is 1.30 bits per heavy atom. The van der Waals surface area contributed by atoms with Crippen molar-refractivity contribution in [2.45, 2.75) is 38.2 Å². The smallest absolute Gasteiger partial charge is 0.135 e. The van der Waals surface area contributed by atoms with Crippen molar-refractivity contribution in [1.82, 2.24) is 0 Å². The molecule has 2 rings (SSSR count). The number of hydrogen-bond acceptors (Lipinski definition) is 4. The van der Waals surface area contributed by atoms with Crippen LogP contribution < -0.4 is 0 Å². The monoisotopic (exact) mass is 314 g/mol. The molecule has 0 unspecified atom stereocenters. The van der Waals surface area contributed by atoms with Gasteiger partial charge in [-0.05, 0) is 54.7 Å². The zero-order chi connectivity index (χ0) is 16.7. The molecule has 0 saturated heterocycles. The molecule has 4 nitrogen and oxygen atoms in total. The fraction of sp³-hybridized carbons (Fsp3) is 0.316. The third kappa shape index (κ3) is 6.12. The lowest BCUT2D eigenvalue weighted by Crippen LogP contribution is -2.14. The highest BCUT2D eigenvalue weighted by molar-refractivity contribution is 5.79. The van der Waals surface area contributed by atoms with E-state index in [-0.39, 0.29) is 23.7 Å². The van der Waals surface area contributed by atoms with E-state index in [9.17, 15) is 20.1 Å². The molecule has 0 aliphatic heterocycles. The first kappa shape index (κ1) is 17.0.